The average Bonchev–Trinajstić information content (AvgIpc) is 2.99. The second-order valence-corrected chi connectivity index (χ2v) is 14.5. The molecular weight excluding hydrogens is 1090 g/mol. The fourth-order valence-corrected chi connectivity index (χ4v) is 8.31. The van der Waals surface area contributed by atoms with Crippen LogP contribution in [0.25, 0.3) is 0 Å². The Balaban J connectivity index is 0.00000325. The summed E-state index contributed by atoms with van der Waals surface area (Å²) in [5.74, 6) is -4.93. The van der Waals surface area contributed by atoms with Crippen LogP contribution in [-0.2, 0) is 28.6 Å². The smallest absolute Gasteiger partial charge is 0.337 e. The molecule has 1 aliphatic heterocycles. The van der Waals surface area contributed by atoms with E-state index in [0.717, 1.165) is 6.92 Å². The minimum absolute atomic E-state index is 0. The van der Waals surface area contributed by atoms with Crippen molar-refractivity contribution < 1.29 is 147 Å². The third-order valence-corrected chi connectivity index (χ3v) is 11.4. The van der Waals surface area contributed by atoms with Crippen LogP contribution in [0.3, 0.4) is 0 Å². The molecule has 1 aromatic rings. The van der Waals surface area contributed by atoms with Gasteiger partial charge in [0.05, 0.1) is 30.3 Å². The van der Waals surface area contributed by atoms with E-state index in [1.54, 1.807) is 13.8 Å². The fourth-order valence-electron chi connectivity index (χ4n) is 8.18. The Hall–Kier alpha value is -0.0269. The number of ketones is 1. The zero-order valence-electron chi connectivity index (χ0n) is 28.2. The Morgan fingerprint density at radius 1 is 1.06 bits per heavy atom. The van der Waals surface area contributed by atoms with E-state index < -0.39 is 101 Å². The molecule has 49 heavy (non-hydrogen) atoms. The molecule has 0 aromatic heterocycles. The molecule has 4 aliphatic rings. The van der Waals surface area contributed by atoms with Gasteiger partial charge in [0.1, 0.15) is 29.5 Å². The first kappa shape index (κ1) is 43.4. The summed E-state index contributed by atoms with van der Waals surface area (Å²) >= 11 is 5.88. The molecule has 16 heteroatoms. The second kappa shape index (κ2) is 15.4. The third-order valence-electron chi connectivity index (χ3n) is 11.1. The van der Waals surface area contributed by atoms with Gasteiger partial charge in [0, 0.05) is 130 Å². The number of halogens is 1. The van der Waals surface area contributed by atoms with Gasteiger partial charge in [0.15, 0.2) is 11.9 Å². The fraction of sp³-hybridized carbons (Fsp3) is 0.636. The van der Waals surface area contributed by atoms with Crippen LogP contribution in [0.4, 0.5) is 0 Å². The molecule has 3 aliphatic carbocycles. The van der Waals surface area contributed by atoms with E-state index in [4.69, 9.17) is 25.8 Å². The van der Waals surface area contributed by atoms with Crippen LogP contribution in [0.2, 0.25) is 5.02 Å². The summed E-state index contributed by atoms with van der Waals surface area (Å²) in [6.45, 7) is 8.16. The zero-order valence-corrected chi connectivity index (χ0v) is 38.4. The van der Waals surface area contributed by atoms with Crippen molar-refractivity contribution in [2.75, 3.05) is 6.61 Å². The molecular formula is C33H42Ac2ClNO12. The van der Waals surface area contributed by atoms with Crippen molar-refractivity contribution in [2.45, 2.75) is 108 Å². The Morgan fingerprint density at radius 3 is 2.18 bits per heavy atom. The van der Waals surface area contributed by atoms with Crippen molar-refractivity contribution in [1.29, 1.82) is 0 Å². The van der Waals surface area contributed by atoms with Gasteiger partial charge in [-0.15, -0.1) is 0 Å². The van der Waals surface area contributed by atoms with Crippen molar-refractivity contribution in [1.82, 2.24) is 5.32 Å². The third kappa shape index (κ3) is 7.04. The van der Waals surface area contributed by atoms with E-state index in [-0.39, 0.29) is 118 Å². The van der Waals surface area contributed by atoms with Crippen molar-refractivity contribution >= 4 is 35.2 Å². The summed E-state index contributed by atoms with van der Waals surface area (Å²) in [4.78, 5) is 52.9. The molecule has 2 radical (unpaired) electrons. The molecule has 1 heterocycles. The molecule has 5 rings (SSSR count). The molecule has 1 amide bonds. The first-order valence-corrected chi connectivity index (χ1v) is 15.9. The van der Waals surface area contributed by atoms with Crippen LogP contribution in [0.1, 0.15) is 64.7 Å². The van der Waals surface area contributed by atoms with Gasteiger partial charge in [-0.1, -0.05) is 25.4 Å². The number of Topliss-reactive ketones (excluding diaryl/α,β-unsaturated/α-hetero) is 1. The van der Waals surface area contributed by atoms with Crippen LogP contribution >= 0.6 is 11.6 Å². The number of benzene rings is 1. The van der Waals surface area contributed by atoms with E-state index in [1.807, 2.05) is 0 Å². The minimum atomic E-state index is -2.21. The van der Waals surface area contributed by atoms with Gasteiger partial charge in [-0.05, 0) is 56.2 Å². The van der Waals surface area contributed by atoms with Crippen molar-refractivity contribution in [3.05, 3.63) is 46.0 Å². The molecule has 1 saturated heterocycles. The second-order valence-electron chi connectivity index (χ2n) is 14.1. The molecule has 2 bridgehead atoms. The monoisotopic (exact) mass is 1130 g/mol. The summed E-state index contributed by atoms with van der Waals surface area (Å²) in [6, 6.07) is 4.82. The molecule has 13 nitrogen and oxygen atoms in total. The van der Waals surface area contributed by atoms with Gasteiger partial charge >= 0.3 is 11.9 Å². The Labute approximate surface area is 360 Å². The van der Waals surface area contributed by atoms with Crippen LogP contribution in [0.15, 0.2) is 35.4 Å². The molecule has 11 atom stereocenters. The molecule has 2 saturated carbocycles. The molecule has 6 N–H and O–H groups in total. The number of rotatable bonds is 6. The number of fused-ring (bicyclic) bond motifs is 5. The predicted molar refractivity (Wildman–Crippen MR) is 164 cm³/mol. The number of aliphatic hydroxyl groups excluding tert-OH is 3. The van der Waals surface area contributed by atoms with E-state index in [2.05, 4.69) is 5.32 Å². The number of nitrogens with one attached hydrogen (secondary N) is 1. The first-order valence-electron chi connectivity index (χ1n) is 15.5. The average molecular weight is 1130 g/mol. The number of hydrogen-bond donors (Lipinski definition) is 6. The summed E-state index contributed by atoms with van der Waals surface area (Å²) < 4.78 is 17.0. The molecule has 264 valence electrons. The molecule has 1 aromatic carbocycles. The topological polar surface area (TPSA) is 209 Å². The van der Waals surface area contributed by atoms with Crippen LogP contribution in [-0.4, -0.2) is 110 Å². The zero-order chi connectivity index (χ0) is 35.0. The maximum absolute atomic E-state index is 14.3. The van der Waals surface area contributed by atoms with Crippen LogP contribution < -0.4 is 5.32 Å². The van der Waals surface area contributed by atoms with Crippen molar-refractivity contribution in [3.63, 3.8) is 0 Å². The van der Waals surface area contributed by atoms with E-state index >= 15 is 0 Å². The Kier molecular flexibility index (Phi) is 13.6. The number of esters is 2. The number of carbonyl (C=O) groups excluding carboxylic acids is 4. The maximum Gasteiger partial charge on any atom is 0.337 e. The number of aliphatic hydroxyl groups is 5. The van der Waals surface area contributed by atoms with E-state index in [1.165, 1.54) is 45.0 Å². The molecule has 0 spiro atoms. The van der Waals surface area contributed by atoms with E-state index in [0.29, 0.717) is 5.02 Å². The Morgan fingerprint density at radius 2 is 1.65 bits per heavy atom. The number of carbonyl (C=O) groups is 4. The van der Waals surface area contributed by atoms with Crippen LogP contribution in [0.5, 0.6) is 0 Å². The number of hydrogen-bond acceptors (Lipinski definition) is 12. The summed E-state index contributed by atoms with van der Waals surface area (Å²) in [5.41, 5.74) is -7.04. The maximum atomic E-state index is 14.3. The molecule has 3 fully saturated rings. The molecule has 0 unspecified atom stereocenters. The van der Waals surface area contributed by atoms with Crippen molar-refractivity contribution in [2.24, 2.45) is 16.7 Å². The largest absolute Gasteiger partial charge is 0.459 e. The number of amides is 1. The summed E-state index contributed by atoms with van der Waals surface area (Å²) in [5, 5.41) is 61.5. The standard InChI is InChI=1S/C33H42ClNO12.2Ac/c1-14-19(47-29(42)23(38)15(2)35-28(41)17-7-9-18(34)10-8-17)12-33(44)27(46-16(3)36)25-31(6,20(37)11-21-32(25,43)13-45-21)26(40)24(39)22(14)30(33,4)5;;/h7-10,15,19-21,23-25,27,37-39,43-44H,11-13H2,1-6H3,(H,35,41);;/t15-,19-,20-,21+,23+,24+,25-,27-,31+,32-,33+;;/m0../s1. The summed E-state index contributed by atoms with van der Waals surface area (Å²) in [6.07, 6.45) is -9.79. The summed E-state index contributed by atoms with van der Waals surface area (Å²) in [7, 11) is 0. The Bertz CT molecular complexity index is 1520. The van der Waals surface area contributed by atoms with Crippen LogP contribution in [0, 0.1) is 105 Å². The van der Waals surface area contributed by atoms with Gasteiger partial charge in [0.25, 0.3) is 5.91 Å². The van der Waals surface area contributed by atoms with E-state index in [9.17, 15) is 44.7 Å². The van der Waals surface area contributed by atoms with Gasteiger partial charge in [-0.25, -0.2) is 4.79 Å². The quantitative estimate of drug-likeness (QED) is 0.171. The number of ether oxygens (including phenoxy) is 3. The van der Waals surface area contributed by atoms with Crippen molar-refractivity contribution in [3.8, 4) is 0 Å². The first-order chi connectivity index (χ1) is 21.7. The SMILES string of the molecule is CC(=O)O[C@H]1[C@@H]2[C@]3(O)CO[C@@H]3C[C@H](O)[C@@]2(C)C(=O)[C@H](O)C2=C(C)[C@@H](OC(=O)[C@H](O)[C@H](C)NC(=O)c3ccc(Cl)cc3)C[C@]1(O)C2(C)C.[Ac].[Ac]. The van der Waals surface area contributed by atoms with Gasteiger partial charge in [-0.2, -0.15) is 0 Å². The van der Waals surface area contributed by atoms with Gasteiger partial charge in [0.2, 0.25) is 0 Å². The predicted octanol–water partition coefficient (Wildman–Crippen LogP) is 0.601. The van der Waals surface area contributed by atoms with Gasteiger partial charge < -0.3 is 45.1 Å². The normalized spacial score (nSPS) is 37.2. The minimum Gasteiger partial charge on any atom is -0.459 e. The van der Waals surface area contributed by atoms with Gasteiger partial charge in [-0.3, -0.25) is 14.4 Å².